The zero-order chi connectivity index (χ0) is 30.5. The molecule has 5 aliphatic heterocycles. The van der Waals surface area contributed by atoms with Crippen molar-refractivity contribution in [3.63, 3.8) is 0 Å². The third-order valence-corrected chi connectivity index (χ3v) is 10.8. The van der Waals surface area contributed by atoms with Crippen LogP contribution in [0.3, 0.4) is 0 Å². The van der Waals surface area contributed by atoms with E-state index in [1.165, 1.54) is 11.4 Å². The van der Waals surface area contributed by atoms with Gasteiger partial charge in [-0.2, -0.15) is 0 Å². The molecule has 0 bridgehead atoms. The molecule has 0 amide bonds. The lowest BCUT2D eigenvalue weighted by atomic mass is 9.76. The van der Waals surface area contributed by atoms with Gasteiger partial charge in [0.1, 0.15) is 12.3 Å². The fourth-order valence-corrected chi connectivity index (χ4v) is 9.06. The van der Waals surface area contributed by atoms with Crippen molar-refractivity contribution in [1.29, 1.82) is 0 Å². The molecule has 6 atom stereocenters. The van der Waals surface area contributed by atoms with E-state index < -0.39 is 0 Å². The minimum absolute atomic E-state index is 0.122. The summed E-state index contributed by atoms with van der Waals surface area (Å²) in [6.45, 7) is 4.51. The third-order valence-electron chi connectivity index (χ3n) is 10.8. The number of allylic oxidation sites excluding steroid dienone is 2. The molecule has 4 aromatic carbocycles. The lowest BCUT2D eigenvalue weighted by Gasteiger charge is -2.61. The molecule has 46 heavy (non-hydrogen) atoms. The molecule has 2 N–H and O–H groups in total. The lowest BCUT2D eigenvalue weighted by Crippen LogP contribution is -2.76. The molecule has 6 unspecified atom stereocenters. The van der Waals surface area contributed by atoms with E-state index in [0.717, 1.165) is 58.6 Å². The Morgan fingerprint density at radius 2 is 0.935 bits per heavy atom. The van der Waals surface area contributed by atoms with Gasteiger partial charge < -0.3 is 39.7 Å². The normalized spacial score (nSPS) is 28.0. The van der Waals surface area contributed by atoms with Crippen molar-refractivity contribution in [2.75, 3.05) is 9.80 Å². The summed E-state index contributed by atoms with van der Waals surface area (Å²) < 4.78 is 13.0. The maximum absolute atomic E-state index is 6.53. The molecule has 5 heterocycles. The van der Waals surface area contributed by atoms with Gasteiger partial charge in [-0.3, -0.25) is 0 Å². The second-order valence-corrected chi connectivity index (χ2v) is 13.2. The Bertz CT molecular complexity index is 1850. The number of fused-ring (bicyclic) bond motifs is 10. The average molecular weight is 609 g/mol. The molecule has 1 aliphatic carbocycles. The Morgan fingerprint density at radius 1 is 0.522 bits per heavy atom. The van der Waals surface area contributed by atoms with Crippen molar-refractivity contribution in [3.05, 3.63) is 121 Å². The zero-order valence-electron chi connectivity index (χ0n) is 25.9. The van der Waals surface area contributed by atoms with Crippen LogP contribution in [-0.4, -0.2) is 46.3 Å². The summed E-state index contributed by atoms with van der Waals surface area (Å²) >= 11 is 0. The number of hydrogen-bond donors (Lipinski definition) is 2. The number of nitrogens with zero attached hydrogens (tertiary/aromatic N) is 4. The van der Waals surface area contributed by atoms with Gasteiger partial charge in [-0.1, -0.05) is 48.5 Å². The highest BCUT2D eigenvalue weighted by Crippen LogP contribution is 2.55. The number of para-hydroxylation sites is 8. The van der Waals surface area contributed by atoms with E-state index in [-0.39, 0.29) is 36.5 Å². The second kappa shape index (κ2) is 9.63. The van der Waals surface area contributed by atoms with Gasteiger partial charge in [-0.05, 0) is 75.2 Å². The molecule has 1 saturated carbocycles. The summed E-state index contributed by atoms with van der Waals surface area (Å²) in [6.07, 6.45) is 6.62. The van der Waals surface area contributed by atoms with Crippen LogP contribution in [0.5, 0.6) is 23.0 Å². The van der Waals surface area contributed by atoms with Crippen LogP contribution in [-0.2, 0) is 0 Å². The summed E-state index contributed by atoms with van der Waals surface area (Å²) in [5.41, 5.74) is 7.06. The van der Waals surface area contributed by atoms with Crippen molar-refractivity contribution in [1.82, 2.24) is 20.4 Å². The topological polar surface area (TPSA) is 55.5 Å². The number of ether oxygens (including phenoxy) is 2. The Hall–Kier alpha value is -5.24. The quantitative estimate of drug-likeness (QED) is 0.245. The van der Waals surface area contributed by atoms with E-state index in [4.69, 9.17) is 9.47 Å². The van der Waals surface area contributed by atoms with E-state index in [1.54, 1.807) is 0 Å². The Kier molecular flexibility index (Phi) is 5.45. The van der Waals surface area contributed by atoms with Crippen LogP contribution >= 0.6 is 0 Å². The fraction of sp³-hybridized carbons (Fsp3) is 0.263. The number of piperazine rings is 1. The highest BCUT2D eigenvalue weighted by molar-refractivity contribution is 5.80. The van der Waals surface area contributed by atoms with Gasteiger partial charge in [-0.25, -0.2) is 0 Å². The lowest BCUT2D eigenvalue weighted by molar-refractivity contribution is -0.0512. The molecule has 4 aromatic rings. The minimum Gasteiger partial charge on any atom is -0.453 e. The standard InChI is InChI=1S/C38H36N6O2/c1-23-21-39-37-38-40-22-24(2)42(38)36-30(41(23)37)19-25(43-26-11-3-7-15-32(26)45-33-16-8-4-12-27(33)43)20-31(36)44-28-13-5-9-17-34(28)46-35-18-10-6-14-29(35)44/h3-18,21-22,25,30-31,36-40H,19-20H2,1-2H3. The molecule has 8 heteroatoms. The summed E-state index contributed by atoms with van der Waals surface area (Å²) in [7, 11) is 0. The van der Waals surface area contributed by atoms with E-state index in [0.29, 0.717) is 0 Å². The summed E-state index contributed by atoms with van der Waals surface area (Å²) in [5, 5.41) is 7.50. The van der Waals surface area contributed by atoms with Crippen molar-refractivity contribution < 1.29 is 9.47 Å². The number of benzene rings is 4. The smallest absolute Gasteiger partial charge is 0.151 e. The molecule has 0 aromatic heterocycles. The van der Waals surface area contributed by atoms with E-state index in [1.807, 2.05) is 0 Å². The van der Waals surface area contributed by atoms with Crippen molar-refractivity contribution in [3.8, 4) is 23.0 Å². The van der Waals surface area contributed by atoms with Gasteiger partial charge in [-0.15, -0.1) is 0 Å². The molecule has 8 nitrogen and oxygen atoms in total. The predicted octanol–water partition coefficient (Wildman–Crippen LogP) is 7.34. The SMILES string of the molecule is CC1=CNC2C3NC=C(C)N3C3C(N4c5ccccc5Oc5ccccc54)CC(N4c5ccccc5Oc5ccccc54)CC3N12. The maximum atomic E-state index is 6.53. The largest absolute Gasteiger partial charge is 0.453 e. The first-order valence-corrected chi connectivity index (χ1v) is 16.4. The average Bonchev–Trinajstić information content (AvgIpc) is 3.68. The number of rotatable bonds is 2. The third kappa shape index (κ3) is 3.55. The van der Waals surface area contributed by atoms with Gasteiger partial charge in [0.25, 0.3) is 0 Å². The summed E-state index contributed by atoms with van der Waals surface area (Å²) in [4.78, 5) is 10.5. The molecule has 6 aliphatic rings. The molecular weight excluding hydrogens is 572 g/mol. The van der Waals surface area contributed by atoms with Crippen molar-refractivity contribution in [2.45, 2.75) is 63.2 Å². The molecule has 10 rings (SSSR count). The highest BCUT2D eigenvalue weighted by Gasteiger charge is 2.58. The molecule has 2 fully saturated rings. The number of nitrogens with one attached hydrogen (secondary N) is 2. The van der Waals surface area contributed by atoms with Crippen LogP contribution in [0.4, 0.5) is 22.7 Å². The molecular formula is C38H36N6O2. The van der Waals surface area contributed by atoms with Gasteiger partial charge in [0.2, 0.25) is 0 Å². The Balaban J connectivity index is 1.19. The van der Waals surface area contributed by atoms with E-state index in [9.17, 15) is 0 Å². The molecule has 0 radical (unpaired) electrons. The van der Waals surface area contributed by atoms with Crippen molar-refractivity contribution in [2.24, 2.45) is 0 Å². The predicted molar refractivity (Wildman–Crippen MR) is 180 cm³/mol. The van der Waals surface area contributed by atoms with Crippen LogP contribution in [0, 0.1) is 0 Å². The first-order valence-electron chi connectivity index (χ1n) is 16.4. The van der Waals surface area contributed by atoms with E-state index >= 15 is 0 Å². The van der Waals surface area contributed by atoms with Crippen LogP contribution < -0.4 is 29.9 Å². The van der Waals surface area contributed by atoms with Gasteiger partial charge in [0, 0.05) is 29.8 Å². The van der Waals surface area contributed by atoms with Crippen LogP contribution in [0.1, 0.15) is 26.7 Å². The Morgan fingerprint density at radius 3 is 1.46 bits per heavy atom. The second-order valence-electron chi connectivity index (χ2n) is 13.2. The van der Waals surface area contributed by atoms with Gasteiger partial charge >= 0.3 is 0 Å². The molecule has 230 valence electrons. The van der Waals surface area contributed by atoms with Crippen LogP contribution in [0.2, 0.25) is 0 Å². The Labute approximate surface area is 269 Å². The first-order chi connectivity index (χ1) is 22.7. The minimum atomic E-state index is 0.122. The number of anilines is 4. The first kappa shape index (κ1) is 26.0. The molecule has 1 saturated heterocycles. The zero-order valence-corrected chi connectivity index (χ0v) is 25.9. The fourth-order valence-electron chi connectivity index (χ4n) is 9.06. The highest BCUT2D eigenvalue weighted by atomic mass is 16.5. The monoisotopic (exact) mass is 608 g/mol. The van der Waals surface area contributed by atoms with Crippen LogP contribution in [0.25, 0.3) is 0 Å². The maximum Gasteiger partial charge on any atom is 0.151 e. The van der Waals surface area contributed by atoms with Gasteiger partial charge in [0.15, 0.2) is 23.0 Å². The molecule has 0 spiro atoms. The summed E-state index contributed by atoms with van der Waals surface area (Å²) in [5.74, 6) is 3.62. The summed E-state index contributed by atoms with van der Waals surface area (Å²) in [6, 6.07) is 34.8. The van der Waals surface area contributed by atoms with Crippen LogP contribution in [0.15, 0.2) is 121 Å². The van der Waals surface area contributed by atoms with Crippen molar-refractivity contribution >= 4 is 22.7 Å². The van der Waals surface area contributed by atoms with E-state index in [2.05, 4.69) is 154 Å². The van der Waals surface area contributed by atoms with Gasteiger partial charge in [0.05, 0.1) is 40.9 Å². The number of hydrogen-bond acceptors (Lipinski definition) is 8.